The van der Waals surface area contributed by atoms with Crippen LogP contribution in [0, 0.1) is 0 Å². The highest BCUT2D eigenvalue weighted by molar-refractivity contribution is 7.80. The second kappa shape index (κ2) is 5.07. The summed E-state index contributed by atoms with van der Waals surface area (Å²) < 4.78 is 0. The Balaban J connectivity index is 2.45. The summed E-state index contributed by atoms with van der Waals surface area (Å²) in [5.74, 6) is 0. The SMILES string of the molecule is NC(=S)N/N=C/c1ccc(Cl)c2cccnc12. The minimum atomic E-state index is 0.118. The molecular weight excluding hydrogens is 256 g/mol. The summed E-state index contributed by atoms with van der Waals surface area (Å²) in [6, 6.07) is 7.38. The summed E-state index contributed by atoms with van der Waals surface area (Å²) in [7, 11) is 0. The van der Waals surface area contributed by atoms with Gasteiger partial charge in [0.25, 0.3) is 0 Å². The molecule has 2 rings (SSSR count). The van der Waals surface area contributed by atoms with Crippen LogP contribution in [0.3, 0.4) is 0 Å². The van der Waals surface area contributed by atoms with Gasteiger partial charge in [0.1, 0.15) is 0 Å². The van der Waals surface area contributed by atoms with E-state index in [1.54, 1.807) is 18.5 Å². The Kier molecular flexibility index (Phi) is 3.51. The minimum Gasteiger partial charge on any atom is -0.375 e. The van der Waals surface area contributed by atoms with Gasteiger partial charge in [-0.05, 0) is 36.5 Å². The standard InChI is InChI=1S/C11H9ClN4S/c12-9-4-3-7(6-15-16-11(13)17)10-8(9)2-1-5-14-10/h1-6H,(H3,13,16,17)/b15-6+. The molecule has 0 unspecified atom stereocenters. The highest BCUT2D eigenvalue weighted by Gasteiger charge is 2.03. The molecule has 86 valence electrons. The molecule has 0 radical (unpaired) electrons. The van der Waals surface area contributed by atoms with E-state index in [0.29, 0.717) is 5.02 Å². The molecule has 0 aliphatic heterocycles. The van der Waals surface area contributed by atoms with Gasteiger partial charge in [0.15, 0.2) is 5.11 Å². The van der Waals surface area contributed by atoms with E-state index in [4.69, 9.17) is 17.3 Å². The van der Waals surface area contributed by atoms with Gasteiger partial charge >= 0.3 is 0 Å². The Bertz CT molecular complexity index is 597. The van der Waals surface area contributed by atoms with Crippen LogP contribution >= 0.6 is 23.8 Å². The zero-order chi connectivity index (χ0) is 12.3. The van der Waals surface area contributed by atoms with E-state index in [9.17, 15) is 0 Å². The number of pyridine rings is 1. The average Bonchev–Trinajstić information content (AvgIpc) is 2.32. The van der Waals surface area contributed by atoms with Gasteiger partial charge in [-0.25, -0.2) is 0 Å². The number of nitrogens with two attached hydrogens (primary N) is 1. The second-order valence-electron chi connectivity index (χ2n) is 3.27. The fourth-order valence-corrected chi connectivity index (χ4v) is 1.70. The molecular formula is C11H9ClN4S. The zero-order valence-corrected chi connectivity index (χ0v) is 10.3. The first-order valence-electron chi connectivity index (χ1n) is 4.80. The summed E-state index contributed by atoms with van der Waals surface area (Å²) in [6.07, 6.45) is 3.31. The van der Waals surface area contributed by atoms with Crippen LogP contribution in [0.25, 0.3) is 10.9 Å². The van der Waals surface area contributed by atoms with E-state index >= 15 is 0 Å². The minimum absolute atomic E-state index is 0.118. The average molecular weight is 265 g/mol. The zero-order valence-electron chi connectivity index (χ0n) is 8.72. The highest BCUT2D eigenvalue weighted by Crippen LogP contribution is 2.23. The monoisotopic (exact) mass is 264 g/mol. The number of fused-ring (bicyclic) bond motifs is 1. The van der Waals surface area contributed by atoms with Gasteiger partial charge in [0, 0.05) is 17.1 Å². The number of halogens is 1. The van der Waals surface area contributed by atoms with Gasteiger partial charge in [-0.1, -0.05) is 11.6 Å². The predicted molar refractivity (Wildman–Crippen MR) is 74.3 cm³/mol. The van der Waals surface area contributed by atoms with E-state index < -0.39 is 0 Å². The molecule has 2 aromatic rings. The first-order valence-corrected chi connectivity index (χ1v) is 5.59. The lowest BCUT2D eigenvalue weighted by molar-refractivity contribution is 1.04. The van der Waals surface area contributed by atoms with Gasteiger partial charge in [-0.2, -0.15) is 5.10 Å². The molecule has 0 saturated heterocycles. The molecule has 0 saturated carbocycles. The predicted octanol–water partition coefficient (Wildman–Crippen LogP) is 2.06. The summed E-state index contributed by atoms with van der Waals surface area (Å²) in [5, 5.41) is 5.56. The number of nitrogens with one attached hydrogen (secondary N) is 1. The van der Waals surface area contributed by atoms with Crippen LogP contribution in [0.1, 0.15) is 5.56 Å². The van der Waals surface area contributed by atoms with Crippen LogP contribution in [-0.2, 0) is 0 Å². The maximum Gasteiger partial charge on any atom is 0.184 e. The quantitative estimate of drug-likeness (QED) is 0.495. The van der Waals surface area contributed by atoms with E-state index in [1.807, 2.05) is 18.2 Å². The van der Waals surface area contributed by atoms with Crippen molar-refractivity contribution in [2.24, 2.45) is 10.8 Å². The number of hydrogen-bond acceptors (Lipinski definition) is 3. The van der Waals surface area contributed by atoms with Crippen LogP contribution in [0.2, 0.25) is 5.02 Å². The van der Waals surface area contributed by atoms with Gasteiger partial charge in [0.05, 0.1) is 16.8 Å². The largest absolute Gasteiger partial charge is 0.375 e. The Morgan fingerprint density at radius 2 is 2.29 bits per heavy atom. The smallest absolute Gasteiger partial charge is 0.184 e. The van der Waals surface area contributed by atoms with Crippen molar-refractivity contribution in [1.82, 2.24) is 10.4 Å². The fraction of sp³-hybridized carbons (Fsp3) is 0. The summed E-state index contributed by atoms with van der Waals surface area (Å²) >= 11 is 10.7. The van der Waals surface area contributed by atoms with Crippen molar-refractivity contribution in [3.63, 3.8) is 0 Å². The lowest BCUT2D eigenvalue weighted by Gasteiger charge is -2.02. The molecule has 0 aliphatic rings. The molecule has 0 atom stereocenters. The molecule has 0 spiro atoms. The molecule has 1 aromatic heterocycles. The Morgan fingerprint density at radius 1 is 1.47 bits per heavy atom. The Hall–Kier alpha value is -1.72. The van der Waals surface area contributed by atoms with Gasteiger partial charge in [-0.15, -0.1) is 0 Å². The van der Waals surface area contributed by atoms with Crippen LogP contribution in [0.15, 0.2) is 35.6 Å². The molecule has 1 heterocycles. The molecule has 0 aliphatic carbocycles. The number of rotatable bonds is 2. The Morgan fingerprint density at radius 3 is 3.06 bits per heavy atom. The van der Waals surface area contributed by atoms with Crippen molar-refractivity contribution in [3.05, 3.63) is 41.0 Å². The molecule has 6 heteroatoms. The van der Waals surface area contributed by atoms with Crippen LogP contribution in [0.5, 0.6) is 0 Å². The topological polar surface area (TPSA) is 63.3 Å². The third kappa shape index (κ3) is 2.69. The fourth-order valence-electron chi connectivity index (χ4n) is 1.43. The van der Waals surface area contributed by atoms with Crippen LogP contribution in [-0.4, -0.2) is 16.3 Å². The third-order valence-corrected chi connectivity index (χ3v) is 2.55. The maximum atomic E-state index is 6.07. The first kappa shape index (κ1) is 11.8. The molecule has 0 amide bonds. The molecule has 3 N–H and O–H groups in total. The molecule has 0 fully saturated rings. The van der Waals surface area contributed by atoms with E-state index in [-0.39, 0.29) is 5.11 Å². The van der Waals surface area contributed by atoms with Crippen molar-refractivity contribution in [1.29, 1.82) is 0 Å². The van der Waals surface area contributed by atoms with E-state index in [0.717, 1.165) is 16.5 Å². The summed E-state index contributed by atoms with van der Waals surface area (Å²) in [5.41, 5.74) is 9.38. The first-order chi connectivity index (χ1) is 8.18. The second-order valence-corrected chi connectivity index (χ2v) is 4.12. The summed E-state index contributed by atoms with van der Waals surface area (Å²) in [4.78, 5) is 4.27. The van der Waals surface area contributed by atoms with Crippen molar-refractivity contribution in [2.45, 2.75) is 0 Å². The number of thiocarbonyl (C=S) groups is 1. The van der Waals surface area contributed by atoms with Crippen molar-refractivity contribution in [3.8, 4) is 0 Å². The molecule has 0 bridgehead atoms. The number of benzene rings is 1. The van der Waals surface area contributed by atoms with E-state index in [2.05, 4.69) is 27.7 Å². The highest BCUT2D eigenvalue weighted by atomic mass is 35.5. The lowest BCUT2D eigenvalue weighted by Crippen LogP contribution is -2.24. The number of hydrogen-bond donors (Lipinski definition) is 2. The normalized spacial score (nSPS) is 10.9. The lowest BCUT2D eigenvalue weighted by atomic mass is 10.1. The van der Waals surface area contributed by atoms with Crippen molar-refractivity contribution < 1.29 is 0 Å². The van der Waals surface area contributed by atoms with E-state index in [1.165, 1.54) is 0 Å². The van der Waals surface area contributed by atoms with Gasteiger partial charge in [0.2, 0.25) is 0 Å². The summed E-state index contributed by atoms with van der Waals surface area (Å²) in [6.45, 7) is 0. The molecule has 4 nitrogen and oxygen atoms in total. The van der Waals surface area contributed by atoms with Gasteiger partial charge < -0.3 is 5.73 Å². The maximum absolute atomic E-state index is 6.07. The number of hydrazone groups is 1. The van der Waals surface area contributed by atoms with Crippen LogP contribution < -0.4 is 11.2 Å². The number of nitrogens with zero attached hydrogens (tertiary/aromatic N) is 2. The Labute approximate surface area is 108 Å². The molecule has 1 aromatic carbocycles. The third-order valence-electron chi connectivity index (χ3n) is 2.13. The van der Waals surface area contributed by atoms with Crippen LogP contribution in [0.4, 0.5) is 0 Å². The van der Waals surface area contributed by atoms with Gasteiger partial charge in [-0.3, -0.25) is 10.4 Å². The number of aromatic nitrogens is 1. The van der Waals surface area contributed by atoms with Crippen molar-refractivity contribution >= 4 is 46.0 Å². The van der Waals surface area contributed by atoms with Crippen molar-refractivity contribution in [2.75, 3.05) is 0 Å². The molecule has 17 heavy (non-hydrogen) atoms.